The third kappa shape index (κ3) is 2.45. The minimum absolute atomic E-state index is 0.113. The van der Waals surface area contributed by atoms with E-state index >= 15 is 0 Å². The van der Waals surface area contributed by atoms with Crippen molar-refractivity contribution in [3.63, 3.8) is 0 Å². The Morgan fingerprint density at radius 3 is 2.47 bits per heavy atom. The van der Waals surface area contributed by atoms with Crippen molar-refractivity contribution in [2.75, 3.05) is 7.11 Å². The second-order valence-corrected chi connectivity index (χ2v) is 3.34. The number of alkyl halides is 2. The maximum Gasteiger partial charge on any atom is 0.265 e. The second-order valence-electron chi connectivity index (χ2n) is 2.93. The van der Waals surface area contributed by atoms with E-state index in [1.807, 2.05) is 0 Å². The van der Waals surface area contributed by atoms with Crippen molar-refractivity contribution >= 4 is 17.4 Å². The van der Waals surface area contributed by atoms with Crippen molar-refractivity contribution in [1.82, 2.24) is 0 Å². The first-order valence-electron chi connectivity index (χ1n) is 4.14. The summed E-state index contributed by atoms with van der Waals surface area (Å²) in [5.74, 6) is -0.170. The molecule has 0 radical (unpaired) electrons. The van der Waals surface area contributed by atoms with Crippen LogP contribution < -0.4 is 4.74 Å². The van der Waals surface area contributed by atoms with Gasteiger partial charge in [-0.05, 0) is 19.1 Å². The summed E-state index contributed by atoms with van der Waals surface area (Å²) in [6.07, 6.45) is -2.69. The predicted octanol–water partition coefficient (Wildman–Crippen LogP) is 3.49. The summed E-state index contributed by atoms with van der Waals surface area (Å²) in [7, 11) is 1.31. The van der Waals surface area contributed by atoms with Gasteiger partial charge in [0, 0.05) is 5.56 Å². The highest BCUT2D eigenvalue weighted by Gasteiger charge is 2.17. The van der Waals surface area contributed by atoms with Gasteiger partial charge in [-0.25, -0.2) is 8.78 Å². The van der Waals surface area contributed by atoms with Crippen molar-refractivity contribution in [3.05, 3.63) is 28.3 Å². The number of rotatable bonds is 3. The second kappa shape index (κ2) is 4.57. The molecule has 82 valence electrons. The number of hydrogen-bond donors (Lipinski definition) is 0. The van der Waals surface area contributed by atoms with Gasteiger partial charge in [-0.2, -0.15) is 0 Å². The standard InChI is InChI=1S/C10H9ClF2O2/c1-5(14)6-3-8(11)7(10(12)13)4-9(6)15-2/h3-4,10H,1-2H3. The van der Waals surface area contributed by atoms with E-state index in [0.717, 1.165) is 6.07 Å². The summed E-state index contributed by atoms with van der Waals surface area (Å²) in [5.41, 5.74) is -0.134. The van der Waals surface area contributed by atoms with Crippen molar-refractivity contribution in [2.24, 2.45) is 0 Å². The van der Waals surface area contributed by atoms with Gasteiger partial charge in [0.2, 0.25) is 0 Å². The fourth-order valence-electron chi connectivity index (χ4n) is 1.18. The summed E-state index contributed by atoms with van der Waals surface area (Å²) in [5, 5.41) is -0.129. The fraction of sp³-hybridized carbons (Fsp3) is 0.300. The Labute approximate surface area is 90.8 Å². The van der Waals surface area contributed by atoms with Crippen LogP contribution in [0.2, 0.25) is 5.02 Å². The van der Waals surface area contributed by atoms with Gasteiger partial charge in [-0.15, -0.1) is 0 Å². The Morgan fingerprint density at radius 2 is 2.07 bits per heavy atom. The average Bonchev–Trinajstić information content (AvgIpc) is 2.16. The van der Waals surface area contributed by atoms with Crippen LogP contribution >= 0.6 is 11.6 Å². The molecule has 0 aliphatic heterocycles. The molecule has 1 rings (SSSR count). The van der Waals surface area contributed by atoms with E-state index in [2.05, 4.69) is 0 Å². The summed E-state index contributed by atoms with van der Waals surface area (Å²) < 4.78 is 29.7. The smallest absolute Gasteiger partial charge is 0.265 e. The SMILES string of the molecule is COc1cc(C(F)F)c(Cl)cc1C(C)=O. The van der Waals surface area contributed by atoms with E-state index in [4.69, 9.17) is 16.3 Å². The van der Waals surface area contributed by atoms with Crippen molar-refractivity contribution in [1.29, 1.82) is 0 Å². The molecule has 0 bridgehead atoms. The summed E-state index contributed by atoms with van der Waals surface area (Å²) in [6.45, 7) is 1.32. The van der Waals surface area contributed by atoms with Gasteiger partial charge in [0.05, 0.1) is 17.7 Å². The van der Waals surface area contributed by atoms with Crippen LogP contribution in [0.25, 0.3) is 0 Å². The largest absolute Gasteiger partial charge is 0.496 e. The highest BCUT2D eigenvalue weighted by atomic mass is 35.5. The van der Waals surface area contributed by atoms with Gasteiger partial charge in [-0.1, -0.05) is 11.6 Å². The number of ether oxygens (including phenoxy) is 1. The molecule has 0 heterocycles. The van der Waals surface area contributed by atoms with E-state index in [0.29, 0.717) is 0 Å². The lowest BCUT2D eigenvalue weighted by molar-refractivity contribution is 0.101. The summed E-state index contributed by atoms with van der Waals surface area (Å²) in [4.78, 5) is 11.1. The molecule has 0 saturated carbocycles. The van der Waals surface area contributed by atoms with Gasteiger partial charge in [0.1, 0.15) is 5.75 Å². The average molecular weight is 235 g/mol. The zero-order valence-electron chi connectivity index (χ0n) is 8.18. The van der Waals surface area contributed by atoms with Gasteiger partial charge < -0.3 is 4.74 Å². The predicted molar refractivity (Wildman–Crippen MR) is 53.0 cm³/mol. The summed E-state index contributed by atoms with van der Waals surface area (Å²) in [6, 6.07) is 2.29. The van der Waals surface area contributed by atoms with Crippen LogP contribution in [0.15, 0.2) is 12.1 Å². The molecular formula is C10H9ClF2O2. The van der Waals surface area contributed by atoms with Crippen molar-refractivity contribution in [2.45, 2.75) is 13.3 Å². The highest BCUT2D eigenvalue weighted by Crippen LogP contribution is 2.33. The lowest BCUT2D eigenvalue weighted by Gasteiger charge is -2.10. The maximum atomic E-state index is 12.5. The quantitative estimate of drug-likeness (QED) is 0.749. The van der Waals surface area contributed by atoms with E-state index in [9.17, 15) is 13.6 Å². The van der Waals surface area contributed by atoms with Crippen LogP contribution in [0.5, 0.6) is 5.75 Å². The molecule has 1 aromatic rings. The molecule has 0 saturated heterocycles. The van der Waals surface area contributed by atoms with Crippen LogP contribution in [0.3, 0.4) is 0 Å². The first kappa shape index (κ1) is 11.9. The molecule has 5 heteroatoms. The lowest BCUT2D eigenvalue weighted by atomic mass is 10.1. The molecule has 0 spiro atoms. The molecule has 0 amide bonds. The Morgan fingerprint density at radius 1 is 1.47 bits per heavy atom. The topological polar surface area (TPSA) is 26.3 Å². The van der Waals surface area contributed by atoms with Crippen LogP contribution in [0, 0.1) is 0 Å². The highest BCUT2D eigenvalue weighted by molar-refractivity contribution is 6.31. The number of halogens is 3. The minimum Gasteiger partial charge on any atom is -0.496 e. The van der Waals surface area contributed by atoms with E-state index in [-0.39, 0.29) is 27.7 Å². The molecule has 2 nitrogen and oxygen atoms in total. The van der Waals surface area contributed by atoms with Gasteiger partial charge in [0.25, 0.3) is 6.43 Å². The van der Waals surface area contributed by atoms with Crippen LogP contribution in [-0.4, -0.2) is 12.9 Å². The number of methoxy groups -OCH3 is 1. The van der Waals surface area contributed by atoms with E-state index in [1.165, 1.54) is 20.1 Å². The molecule has 0 aliphatic carbocycles. The Kier molecular flexibility index (Phi) is 3.63. The first-order chi connectivity index (χ1) is 6.97. The lowest BCUT2D eigenvalue weighted by Crippen LogP contribution is -2.00. The van der Waals surface area contributed by atoms with Gasteiger partial charge in [-0.3, -0.25) is 4.79 Å². The molecule has 0 unspecified atom stereocenters. The van der Waals surface area contributed by atoms with Crippen LogP contribution in [-0.2, 0) is 0 Å². The molecular weight excluding hydrogens is 226 g/mol. The number of benzene rings is 1. The molecule has 1 aromatic carbocycles. The molecule has 15 heavy (non-hydrogen) atoms. The number of carbonyl (C=O) groups excluding carboxylic acids is 1. The van der Waals surface area contributed by atoms with E-state index in [1.54, 1.807) is 0 Å². The normalized spacial score (nSPS) is 10.5. The Balaban J connectivity index is 3.35. The van der Waals surface area contributed by atoms with Crippen LogP contribution in [0.1, 0.15) is 29.3 Å². The Bertz CT molecular complexity index is 391. The number of Topliss-reactive ketones (excluding diaryl/α,β-unsaturated/α-hetero) is 1. The maximum absolute atomic E-state index is 12.5. The fourth-order valence-corrected chi connectivity index (χ4v) is 1.43. The van der Waals surface area contributed by atoms with Crippen molar-refractivity contribution in [3.8, 4) is 5.75 Å². The minimum atomic E-state index is -2.69. The zero-order valence-corrected chi connectivity index (χ0v) is 8.94. The van der Waals surface area contributed by atoms with Gasteiger partial charge in [0.15, 0.2) is 5.78 Å². The molecule has 0 N–H and O–H groups in total. The summed E-state index contributed by atoms with van der Waals surface area (Å²) >= 11 is 5.61. The van der Waals surface area contributed by atoms with E-state index < -0.39 is 6.43 Å². The molecule has 0 aliphatic rings. The Hall–Kier alpha value is -1.16. The van der Waals surface area contributed by atoms with Gasteiger partial charge >= 0.3 is 0 Å². The van der Waals surface area contributed by atoms with Crippen LogP contribution in [0.4, 0.5) is 8.78 Å². The number of ketones is 1. The first-order valence-corrected chi connectivity index (χ1v) is 4.51. The number of carbonyl (C=O) groups is 1. The third-order valence-corrected chi connectivity index (χ3v) is 2.26. The molecule has 0 aromatic heterocycles. The number of hydrogen-bond acceptors (Lipinski definition) is 2. The monoisotopic (exact) mass is 234 g/mol. The molecule has 0 fully saturated rings. The third-order valence-electron chi connectivity index (χ3n) is 1.93. The zero-order chi connectivity index (χ0) is 11.6. The van der Waals surface area contributed by atoms with Crippen molar-refractivity contribution < 1.29 is 18.3 Å². The molecule has 0 atom stereocenters.